The zero-order valence-electron chi connectivity index (χ0n) is 10.3. The van der Waals surface area contributed by atoms with Crippen molar-refractivity contribution in [1.29, 1.82) is 0 Å². The van der Waals surface area contributed by atoms with Gasteiger partial charge in [0.05, 0.1) is 21.6 Å². The molecule has 0 unspecified atom stereocenters. The smallest absolute Gasteiger partial charge is 0.308 e. The minimum absolute atomic E-state index is 0.154. The molecule has 0 N–H and O–H groups in total. The van der Waals surface area contributed by atoms with Crippen molar-refractivity contribution in [2.24, 2.45) is 0 Å². The summed E-state index contributed by atoms with van der Waals surface area (Å²) in [7, 11) is 0. The van der Waals surface area contributed by atoms with Crippen LogP contribution in [-0.2, 0) is 4.79 Å². The highest BCUT2D eigenvalue weighted by Crippen LogP contribution is 2.37. The van der Waals surface area contributed by atoms with E-state index in [0.29, 0.717) is 27.4 Å². The summed E-state index contributed by atoms with van der Waals surface area (Å²) in [6.45, 7) is 4.48. The lowest BCUT2D eigenvalue weighted by Gasteiger charge is -2.02. The molecule has 94 valence electrons. The quantitative estimate of drug-likeness (QED) is 0.744. The third kappa shape index (κ3) is 1.88. The highest BCUT2D eigenvalue weighted by molar-refractivity contribution is 6.36. The van der Waals surface area contributed by atoms with Crippen LogP contribution in [0.25, 0.3) is 10.9 Å². The molecule has 2 rings (SSSR count). The number of carbonyl (C=O) groups excluding carboxylic acids is 2. The van der Waals surface area contributed by atoms with Gasteiger partial charge in [0.25, 0.3) is 0 Å². The maximum Gasteiger partial charge on any atom is 0.308 e. The summed E-state index contributed by atoms with van der Waals surface area (Å²) in [6.07, 6.45) is 0. The van der Waals surface area contributed by atoms with Crippen LogP contribution in [0, 0.1) is 6.92 Å². The van der Waals surface area contributed by atoms with Crippen LogP contribution in [0.1, 0.15) is 24.3 Å². The summed E-state index contributed by atoms with van der Waals surface area (Å²) in [6, 6.07) is 5.21. The summed E-state index contributed by atoms with van der Waals surface area (Å²) in [5.74, 6) is -0.253. The molecule has 0 amide bonds. The van der Waals surface area contributed by atoms with Crippen LogP contribution in [0.2, 0.25) is 5.02 Å². The van der Waals surface area contributed by atoms with Crippen LogP contribution in [0.4, 0.5) is 0 Å². The number of nitrogens with zero attached hydrogens (tertiary/aromatic N) is 1. The van der Waals surface area contributed by atoms with Crippen molar-refractivity contribution in [2.45, 2.75) is 20.8 Å². The van der Waals surface area contributed by atoms with Gasteiger partial charge in [0.15, 0.2) is 5.75 Å². The molecule has 1 aromatic heterocycles. The number of halogens is 1. The Bertz CT molecular complexity index is 658. The summed E-state index contributed by atoms with van der Waals surface area (Å²) in [5, 5.41) is 1.04. The Morgan fingerprint density at radius 2 is 1.94 bits per heavy atom. The number of hydrogen-bond donors (Lipinski definition) is 0. The molecule has 4 nitrogen and oxygen atoms in total. The van der Waals surface area contributed by atoms with Gasteiger partial charge in [-0.05, 0) is 19.1 Å². The fourth-order valence-corrected chi connectivity index (χ4v) is 2.32. The lowest BCUT2D eigenvalue weighted by atomic mass is 10.2. The predicted molar refractivity (Wildman–Crippen MR) is 69.3 cm³/mol. The number of hydrogen-bond acceptors (Lipinski definition) is 3. The van der Waals surface area contributed by atoms with E-state index in [1.807, 2.05) is 0 Å². The van der Waals surface area contributed by atoms with Crippen LogP contribution in [0.3, 0.4) is 0 Å². The van der Waals surface area contributed by atoms with Crippen molar-refractivity contribution >= 4 is 34.4 Å². The van der Waals surface area contributed by atoms with Crippen LogP contribution in [0.5, 0.6) is 5.75 Å². The third-order valence-electron chi connectivity index (χ3n) is 2.68. The summed E-state index contributed by atoms with van der Waals surface area (Å²) in [4.78, 5) is 22.8. The molecule has 0 aliphatic rings. The fourth-order valence-electron chi connectivity index (χ4n) is 2.06. The first kappa shape index (κ1) is 12.6. The molecule has 1 aromatic carbocycles. The van der Waals surface area contributed by atoms with Gasteiger partial charge in [0, 0.05) is 13.8 Å². The lowest BCUT2D eigenvalue weighted by Crippen LogP contribution is -2.08. The fraction of sp³-hybridized carbons (Fsp3) is 0.231. The van der Waals surface area contributed by atoms with Gasteiger partial charge in [-0.1, -0.05) is 17.7 Å². The SMILES string of the molecule is CC(=O)Oc1c(C)n(C(C)=O)c2cccc(Cl)c12. The highest BCUT2D eigenvalue weighted by atomic mass is 35.5. The zero-order chi connectivity index (χ0) is 13.4. The van der Waals surface area contributed by atoms with Crippen molar-refractivity contribution in [1.82, 2.24) is 4.57 Å². The third-order valence-corrected chi connectivity index (χ3v) is 3.00. The Labute approximate surface area is 109 Å². The van der Waals surface area contributed by atoms with Gasteiger partial charge in [-0.3, -0.25) is 14.2 Å². The Hall–Kier alpha value is -1.81. The first-order valence-electron chi connectivity index (χ1n) is 5.42. The average molecular weight is 266 g/mol. The van der Waals surface area contributed by atoms with Crippen LogP contribution in [-0.4, -0.2) is 16.4 Å². The molecular weight excluding hydrogens is 254 g/mol. The molecule has 0 bridgehead atoms. The van der Waals surface area contributed by atoms with Gasteiger partial charge in [-0.15, -0.1) is 0 Å². The van der Waals surface area contributed by atoms with E-state index in [0.717, 1.165) is 0 Å². The van der Waals surface area contributed by atoms with Crippen LogP contribution in [0.15, 0.2) is 18.2 Å². The number of benzene rings is 1. The molecule has 0 aliphatic heterocycles. The first-order chi connectivity index (χ1) is 8.43. The summed E-state index contributed by atoms with van der Waals surface area (Å²) >= 11 is 6.12. The van der Waals surface area contributed by atoms with Gasteiger partial charge in [0.1, 0.15) is 0 Å². The maximum absolute atomic E-state index is 11.7. The molecule has 0 aliphatic carbocycles. The van der Waals surface area contributed by atoms with Crippen LogP contribution >= 0.6 is 11.6 Å². The largest absolute Gasteiger partial charge is 0.424 e. The van der Waals surface area contributed by atoms with E-state index in [-0.39, 0.29) is 5.91 Å². The predicted octanol–water partition coefficient (Wildman–Crippen LogP) is 3.19. The Morgan fingerprint density at radius 3 is 2.50 bits per heavy atom. The van der Waals surface area contributed by atoms with Crippen molar-refractivity contribution in [3.63, 3.8) is 0 Å². The second-order valence-corrected chi connectivity index (χ2v) is 4.40. The number of ether oxygens (including phenoxy) is 1. The normalized spacial score (nSPS) is 10.7. The molecule has 5 heteroatoms. The molecular formula is C13H12ClNO3. The van der Waals surface area contributed by atoms with Gasteiger partial charge in [-0.2, -0.15) is 0 Å². The molecule has 0 fully saturated rings. The molecule has 1 heterocycles. The number of fused-ring (bicyclic) bond motifs is 1. The van der Waals surface area contributed by atoms with E-state index >= 15 is 0 Å². The van der Waals surface area contributed by atoms with Crippen molar-refractivity contribution in [2.75, 3.05) is 0 Å². The Morgan fingerprint density at radius 1 is 1.28 bits per heavy atom. The second-order valence-electron chi connectivity index (χ2n) is 4.00. The lowest BCUT2D eigenvalue weighted by molar-refractivity contribution is -0.131. The summed E-state index contributed by atoms with van der Waals surface area (Å²) < 4.78 is 6.66. The van der Waals surface area contributed by atoms with Crippen molar-refractivity contribution in [3.05, 3.63) is 28.9 Å². The molecule has 0 spiro atoms. The number of rotatable bonds is 1. The monoisotopic (exact) mass is 265 g/mol. The van der Waals surface area contributed by atoms with Gasteiger partial charge >= 0.3 is 5.97 Å². The Balaban J connectivity index is 2.88. The Kier molecular flexibility index (Phi) is 3.13. The van der Waals surface area contributed by atoms with Crippen molar-refractivity contribution in [3.8, 4) is 5.75 Å². The number of esters is 1. The number of aromatic nitrogens is 1. The summed E-state index contributed by atoms with van der Waals surface area (Å²) in [5.41, 5.74) is 1.21. The first-order valence-corrected chi connectivity index (χ1v) is 5.80. The molecule has 2 aromatic rings. The van der Waals surface area contributed by atoms with E-state index in [9.17, 15) is 9.59 Å². The topological polar surface area (TPSA) is 48.3 Å². The van der Waals surface area contributed by atoms with Crippen molar-refractivity contribution < 1.29 is 14.3 Å². The van der Waals surface area contributed by atoms with Gasteiger partial charge in [0.2, 0.25) is 5.91 Å². The molecule has 18 heavy (non-hydrogen) atoms. The average Bonchev–Trinajstić information content (AvgIpc) is 2.52. The molecule has 0 atom stereocenters. The van der Waals surface area contributed by atoms with Crippen LogP contribution < -0.4 is 4.74 Å². The van der Waals surface area contributed by atoms with E-state index in [4.69, 9.17) is 16.3 Å². The standard InChI is InChI=1S/C13H12ClNO3/c1-7-13(18-9(3)17)12-10(14)5-4-6-11(12)15(7)8(2)16/h4-6H,1-3H3. The molecule has 0 radical (unpaired) electrons. The minimum atomic E-state index is -0.444. The minimum Gasteiger partial charge on any atom is -0.424 e. The highest BCUT2D eigenvalue weighted by Gasteiger charge is 2.20. The number of carbonyl (C=O) groups is 2. The maximum atomic E-state index is 11.7. The molecule has 0 saturated heterocycles. The second kappa shape index (κ2) is 4.46. The zero-order valence-corrected chi connectivity index (χ0v) is 11.0. The van der Waals surface area contributed by atoms with Gasteiger partial charge in [-0.25, -0.2) is 0 Å². The molecule has 0 saturated carbocycles. The van der Waals surface area contributed by atoms with Gasteiger partial charge < -0.3 is 4.74 Å². The van der Waals surface area contributed by atoms with E-state index in [1.54, 1.807) is 25.1 Å². The van der Waals surface area contributed by atoms with E-state index in [1.165, 1.54) is 18.4 Å². The van der Waals surface area contributed by atoms with E-state index < -0.39 is 5.97 Å². The van der Waals surface area contributed by atoms with E-state index in [2.05, 4.69) is 0 Å².